The van der Waals surface area contributed by atoms with Crippen molar-refractivity contribution in [3.05, 3.63) is 21.4 Å². The van der Waals surface area contributed by atoms with E-state index in [1.807, 2.05) is 0 Å². The molecule has 0 N–H and O–H groups in total. The Morgan fingerprint density at radius 1 is 1.50 bits per heavy atom. The maximum Gasteiger partial charge on any atom is -0.146 e. The molecule has 4 heteroatoms. The van der Waals surface area contributed by atoms with Crippen LogP contribution >= 0.6 is 0 Å². The minimum absolute atomic E-state index is 0.199. The number of nitrogens with zero attached hydrogens (tertiary/aromatic N) is 4. The lowest BCUT2D eigenvalue weighted by Crippen LogP contribution is -1.91. The largest absolute Gasteiger partial charge is 0.845 e. The van der Waals surface area contributed by atoms with Gasteiger partial charge in [-0.05, 0) is 0 Å². The van der Waals surface area contributed by atoms with Crippen LogP contribution in [0, 0.1) is 0 Å². The van der Waals surface area contributed by atoms with Crippen molar-refractivity contribution in [1.82, 2.24) is 0 Å². The first-order valence-electron chi connectivity index (χ1n) is 2.20. The monoisotopic (exact) mass is 112 g/mol. The van der Waals surface area contributed by atoms with E-state index in [9.17, 15) is 0 Å². The van der Waals surface area contributed by atoms with Crippen molar-refractivity contribution >= 4 is 5.96 Å². The molecule has 0 amide bonds. The van der Waals surface area contributed by atoms with Crippen LogP contribution in [0.5, 0.6) is 0 Å². The minimum Gasteiger partial charge on any atom is -0.845 e. The molecule has 0 radical (unpaired) electrons. The predicted molar refractivity (Wildman–Crippen MR) is 35.2 cm³/mol. The molecule has 4 nitrogen and oxygen atoms in total. The van der Waals surface area contributed by atoms with Gasteiger partial charge in [-0.15, -0.1) is 7.05 Å². The summed E-state index contributed by atoms with van der Waals surface area (Å²) in [5, 5.41) is 19.0. The van der Waals surface area contributed by atoms with Gasteiger partial charge in [0.1, 0.15) is 0 Å². The second kappa shape index (κ2) is 4.39. The van der Waals surface area contributed by atoms with Crippen LogP contribution in [0.2, 0.25) is 0 Å². The molecule has 0 aromatic heterocycles. The van der Waals surface area contributed by atoms with E-state index >= 15 is 0 Å². The van der Waals surface area contributed by atoms with Crippen molar-refractivity contribution in [2.24, 2.45) is 0 Å². The van der Waals surface area contributed by atoms with Crippen LogP contribution in [-0.2, 0) is 0 Å². The van der Waals surface area contributed by atoms with Crippen molar-refractivity contribution in [3.63, 3.8) is 0 Å². The van der Waals surface area contributed by atoms with Crippen LogP contribution in [0.25, 0.3) is 21.4 Å². The molecule has 0 aliphatic carbocycles. The fraction of sp³-hybridized carbons (Fsp3) is 0.750. The second-order valence-corrected chi connectivity index (χ2v) is 1.14. The zero-order valence-electron chi connectivity index (χ0n) is 5.00. The van der Waals surface area contributed by atoms with Crippen LogP contribution in [0.4, 0.5) is 0 Å². The van der Waals surface area contributed by atoms with Crippen LogP contribution in [-0.4, -0.2) is 26.7 Å². The standard InChI is InChI=1S/C4H8N4/c1-6-3-8-4(5)7-2/h3H2,1-2H3/q-4. The van der Waals surface area contributed by atoms with Crippen LogP contribution in [0.3, 0.4) is 0 Å². The third-order valence-corrected chi connectivity index (χ3v) is 0.554. The quantitative estimate of drug-likeness (QED) is 0.381. The molecule has 0 rings (SSSR count). The maximum atomic E-state index is 8.51. The molecule has 0 saturated carbocycles. The zero-order chi connectivity index (χ0) is 6.41. The molecule has 0 aromatic carbocycles. The van der Waals surface area contributed by atoms with Crippen LogP contribution < -0.4 is 0 Å². The summed E-state index contributed by atoms with van der Waals surface area (Å²) in [7, 11) is 3.08. The zero-order valence-corrected chi connectivity index (χ0v) is 5.00. The molecule has 0 spiro atoms. The molecule has 0 bridgehead atoms. The lowest BCUT2D eigenvalue weighted by atomic mass is 10.9. The van der Waals surface area contributed by atoms with Gasteiger partial charge in [0.25, 0.3) is 0 Å². The van der Waals surface area contributed by atoms with Gasteiger partial charge in [0, 0.05) is 0 Å². The fourth-order valence-electron chi connectivity index (χ4n) is 0.205. The van der Waals surface area contributed by atoms with E-state index in [1.54, 1.807) is 7.05 Å². The third-order valence-electron chi connectivity index (χ3n) is 0.554. The Morgan fingerprint density at radius 3 is 2.50 bits per heavy atom. The van der Waals surface area contributed by atoms with Crippen molar-refractivity contribution in [2.45, 2.75) is 0 Å². The summed E-state index contributed by atoms with van der Waals surface area (Å²) >= 11 is 0. The van der Waals surface area contributed by atoms with E-state index < -0.39 is 0 Å². The Kier molecular flexibility index (Phi) is 3.97. The molecule has 48 valence electrons. The fourth-order valence-corrected chi connectivity index (χ4v) is 0.205. The first-order chi connectivity index (χ1) is 3.81. The predicted octanol–water partition coefficient (Wildman–Crippen LogP) is 1.25. The Hall–Kier alpha value is -0.770. The molecule has 0 saturated heterocycles. The molecular formula is C4H8N4-4. The smallest absolute Gasteiger partial charge is 0.146 e. The highest BCUT2D eigenvalue weighted by atomic mass is 15.2. The Bertz CT molecular complexity index is 70.4. The summed E-state index contributed by atoms with van der Waals surface area (Å²) in [5.41, 5.74) is 0. The lowest BCUT2D eigenvalue weighted by Gasteiger charge is -2.46. The SMILES string of the molecule is C[N-]C[N-]C(=[N-])[N-]C. The molecule has 0 aliphatic heterocycles. The highest BCUT2D eigenvalue weighted by molar-refractivity contribution is 6.04. The lowest BCUT2D eigenvalue weighted by molar-refractivity contribution is 1.36. The van der Waals surface area contributed by atoms with Gasteiger partial charge in [0.05, 0.1) is 0 Å². The Labute approximate surface area is 49.2 Å². The maximum absolute atomic E-state index is 8.51. The summed E-state index contributed by atoms with van der Waals surface area (Å²) in [6, 6.07) is 0. The van der Waals surface area contributed by atoms with Gasteiger partial charge >= 0.3 is 0 Å². The molecule has 0 fully saturated rings. The van der Waals surface area contributed by atoms with Gasteiger partial charge in [-0.2, -0.15) is 7.05 Å². The van der Waals surface area contributed by atoms with E-state index in [-0.39, 0.29) is 12.6 Å². The van der Waals surface area contributed by atoms with E-state index in [0.717, 1.165) is 0 Å². The van der Waals surface area contributed by atoms with E-state index in [1.165, 1.54) is 7.05 Å². The van der Waals surface area contributed by atoms with Gasteiger partial charge in [-0.25, -0.2) is 6.67 Å². The summed E-state index contributed by atoms with van der Waals surface area (Å²) < 4.78 is 0. The highest BCUT2D eigenvalue weighted by Gasteiger charge is 1.40. The third kappa shape index (κ3) is 3.42. The molecule has 0 aromatic rings. The van der Waals surface area contributed by atoms with Gasteiger partial charge in [-0.3, -0.25) is 0 Å². The van der Waals surface area contributed by atoms with Gasteiger partial charge < -0.3 is 27.3 Å². The van der Waals surface area contributed by atoms with Crippen molar-refractivity contribution < 1.29 is 0 Å². The minimum atomic E-state index is -0.199. The van der Waals surface area contributed by atoms with Crippen molar-refractivity contribution in [3.8, 4) is 0 Å². The Morgan fingerprint density at radius 2 is 2.12 bits per heavy atom. The average molecular weight is 112 g/mol. The summed E-state index contributed by atoms with van der Waals surface area (Å²) in [6.07, 6.45) is 0. The molecule has 0 unspecified atom stereocenters. The number of guanidine groups is 1. The van der Waals surface area contributed by atoms with Crippen LogP contribution in [0.1, 0.15) is 0 Å². The summed E-state index contributed by atoms with van der Waals surface area (Å²) in [4.78, 5) is 0. The van der Waals surface area contributed by atoms with E-state index in [4.69, 9.17) is 5.41 Å². The molecule has 0 aliphatic rings. The Balaban J connectivity index is 2.99. The molecule has 0 heterocycles. The average Bonchev–Trinajstić information content (AvgIpc) is 1.83. The first kappa shape index (κ1) is 7.23. The van der Waals surface area contributed by atoms with E-state index in [0.29, 0.717) is 0 Å². The van der Waals surface area contributed by atoms with E-state index in [2.05, 4.69) is 16.0 Å². The number of hydrogen-bond donors (Lipinski definition) is 0. The molecule has 0 atom stereocenters. The molecule has 8 heavy (non-hydrogen) atoms. The topological polar surface area (TPSA) is 64.6 Å². The van der Waals surface area contributed by atoms with Crippen LogP contribution in [0.15, 0.2) is 0 Å². The number of rotatable bonds is 2. The van der Waals surface area contributed by atoms with Gasteiger partial charge in [0.15, 0.2) is 0 Å². The first-order valence-corrected chi connectivity index (χ1v) is 2.20. The van der Waals surface area contributed by atoms with Gasteiger partial charge in [0.2, 0.25) is 0 Å². The highest BCUT2D eigenvalue weighted by Crippen LogP contribution is 1.96. The van der Waals surface area contributed by atoms with Crippen molar-refractivity contribution in [2.75, 3.05) is 20.8 Å². The summed E-state index contributed by atoms with van der Waals surface area (Å²) in [5.74, 6) is -0.199. The second-order valence-electron chi connectivity index (χ2n) is 1.14. The summed E-state index contributed by atoms with van der Waals surface area (Å²) in [6.45, 7) is 0.281. The molecular weight excluding hydrogens is 104 g/mol. The number of hydrogen-bond acceptors (Lipinski definition) is 0. The van der Waals surface area contributed by atoms with Gasteiger partial charge in [-0.1, -0.05) is 0 Å². The normalized spacial score (nSPS) is 8.25. The van der Waals surface area contributed by atoms with Crippen molar-refractivity contribution in [1.29, 1.82) is 0 Å².